The number of pyridine rings is 2. The molecule has 0 bridgehead atoms. The topological polar surface area (TPSA) is 88.8 Å². The van der Waals surface area contributed by atoms with E-state index in [1.165, 1.54) is 30.6 Å². The lowest BCUT2D eigenvalue weighted by Gasteiger charge is -2.36. The quantitative estimate of drug-likeness (QED) is 0.540. The number of aromatic amines is 1. The predicted molar refractivity (Wildman–Crippen MR) is 118 cm³/mol. The third kappa shape index (κ3) is 5.12. The minimum atomic E-state index is -2.57. The molecule has 5 nitrogen and oxygen atoms in total. The van der Waals surface area contributed by atoms with Crippen molar-refractivity contribution < 1.29 is 18.0 Å². The van der Waals surface area contributed by atoms with E-state index in [0.29, 0.717) is 29.8 Å². The van der Waals surface area contributed by atoms with Gasteiger partial charge in [0.05, 0.1) is 10.9 Å². The molecule has 0 radical (unpaired) electrons. The van der Waals surface area contributed by atoms with Gasteiger partial charge in [0.25, 0.3) is 11.8 Å². The first kappa shape index (κ1) is 23.8. The molecule has 4 rings (SSSR count). The fourth-order valence-electron chi connectivity index (χ4n) is 4.09. The molecule has 2 aromatic heterocycles. The minimum Gasteiger partial charge on any atom is -0.364 e. The van der Waals surface area contributed by atoms with Gasteiger partial charge in [-0.15, -0.1) is 0 Å². The Hall–Kier alpha value is -2.87. The first-order valence-corrected chi connectivity index (χ1v) is 10.6. The van der Waals surface area contributed by atoms with Crippen LogP contribution in [-0.2, 0) is 0 Å². The Bertz CT molecular complexity index is 1180. The third-order valence-electron chi connectivity index (χ3n) is 5.79. The van der Waals surface area contributed by atoms with Crippen LogP contribution in [-0.4, -0.2) is 21.8 Å². The lowest BCUT2D eigenvalue weighted by molar-refractivity contribution is -0.0911. The number of nitrogens with zero attached hydrogens (tertiary/aromatic N) is 1. The average Bonchev–Trinajstić information content (AvgIpc) is 2.74. The SMILES string of the molecule is CC[C@@H]1C[C@H](c2ccc(F)cc2Cl)CCC1(F)F.NC(=O)c1nccc2[nH]ccc(=O)c12. The fourth-order valence-corrected chi connectivity index (χ4v) is 4.42. The first-order chi connectivity index (χ1) is 15.1. The monoisotopic (exact) mass is 465 g/mol. The van der Waals surface area contributed by atoms with E-state index in [0.717, 1.165) is 5.56 Å². The Morgan fingerprint density at radius 3 is 2.72 bits per heavy atom. The maximum Gasteiger partial charge on any atom is 0.268 e. The zero-order chi connectivity index (χ0) is 23.5. The van der Waals surface area contributed by atoms with Crippen LogP contribution in [0, 0.1) is 11.7 Å². The van der Waals surface area contributed by atoms with Gasteiger partial charge in [0.2, 0.25) is 0 Å². The van der Waals surface area contributed by atoms with E-state index in [4.69, 9.17) is 17.3 Å². The highest BCUT2D eigenvalue weighted by molar-refractivity contribution is 6.31. The molecule has 9 heteroatoms. The minimum absolute atomic E-state index is 0.00403. The Kier molecular flexibility index (Phi) is 7.23. The molecule has 2 atom stereocenters. The number of amides is 1. The molecule has 2 heterocycles. The molecule has 3 N–H and O–H groups in total. The number of primary amides is 1. The number of benzene rings is 1. The molecule has 0 aliphatic heterocycles. The van der Waals surface area contributed by atoms with Crippen molar-refractivity contribution in [2.75, 3.05) is 0 Å². The number of fused-ring (bicyclic) bond motifs is 1. The summed E-state index contributed by atoms with van der Waals surface area (Å²) in [5, 5.41) is 0.586. The van der Waals surface area contributed by atoms with E-state index < -0.39 is 23.6 Å². The van der Waals surface area contributed by atoms with Gasteiger partial charge >= 0.3 is 0 Å². The molecule has 1 amide bonds. The second-order valence-electron chi connectivity index (χ2n) is 7.79. The zero-order valence-electron chi connectivity index (χ0n) is 17.4. The van der Waals surface area contributed by atoms with Gasteiger partial charge in [-0.25, -0.2) is 13.2 Å². The number of hydrogen-bond donors (Lipinski definition) is 2. The van der Waals surface area contributed by atoms with Crippen LogP contribution in [0.15, 0.2) is 47.5 Å². The molecule has 0 unspecified atom stereocenters. The van der Waals surface area contributed by atoms with Crippen molar-refractivity contribution in [2.45, 2.75) is 44.4 Å². The molecule has 1 fully saturated rings. The molecular formula is C23H23ClF3N3O2. The number of aromatic nitrogens is 2. The number of hydrogen-bond acceptors (Lipinski definition) is 3. The predicted octanol–water partition coefficient (Wildman–Crippen LogP) is 5.43. The standard InChI is InChI=1S/C14H16ClF3.C9H7N3O2/c1-2-10-7-9(5-6-14(10,17)18)12-4-3-11(16)8-13(12)15;10-9(14)8-7-5(1-3-12-8)11-4-2-6(7)13/h3-4,8-10H,2,5-7H2,1H3;1-4H,(H2,10,14)(H,11,13)/t9-,10-;/m1./s1. The summed E-state index contributed by atoms with van der Waals surface area (Å²) in [5.41, 5.74) is 6.19. The van der Waals surface area contributed by atoms with E-state index in [1.807, 2.05) is 0 Å². The van der Waals surface area contributed by atoms with Crippen molar-refractivity contribution >= 4 is 28.4 Å². The molecule has 1 aromatic carbocycles. The van der Waals surface area contributed by atoms with Crippen LogP contribution >= 0.6 is 11.6 Å². The molecular weight excluding hydrogens is 443 g/mol. The highest BCUT2D eigenvalue weighted by atomic mass is 35.5. The van der Waals surface area contributed by atoms with E-state index in [2.05, 4.69) is 9.97 Å². The largest absolute Gasteiger partial charge is 0.364 e. The van der Waals surface area contributed by atoms with Crippen molar-refractivity contribution in [3.8, 4) is 0 Å². The van der Waals surface area contributed by atoms with Gasteiger partial charge in [-0.05, 0) is 48.9 Å². The van der Waals surface area contributed by atoms with Crippen LogP contribution in [0.2, 0.25) is 5.02 Å². The summed E-state index contributed by atoms with van der Waals surface area (Å²) in [6, 6.07) is 7.16. The zero-order valence-corrected chi connectivity index (χ0v) is 18.1. The maximum absolute atomic E-state index is 13.6. The smallest absolute Gasteiger partial charge is 0.268 e. The number of carbonyl (C=O) groups excluding carboxylic acids is 1. The van der Waals surface area contributed by atoms with Crippen LogP contribution in [0.4, 0.5) is 13.2 Å². The number of nitrogens with one attached hydrogen (secondary N) is 1. The number of H-pyrrole nitrogens is 1. The molecule has 0 saturated heterocycles. The average molecular weight is 466 g/mol. The van der Waals surface area contributed by atoms with E-state index in [-0.39, 0.29) is 28.8 Å². The molecule has 1 aliphatic rings. The molecule has 3 aromatic rings. The van der Waals surface area contributed by atoms with E-state index in [1.54, 1.807) is 19.1 Å². The van der Waals surface area contributed by atoms with Gasteiger partial charge < -0.3 is 10.7 Å². The number of alkyl halides is 2. The summed E-state index contributed by atoms with van der Waals surface area (Å²) in [7, 11) is 0. The molecule has 0 spiro atoms. The highest BCUT2D eigenvalue weighted by Crippen LogP contribution is 2.47. The Morgan fingerprint density at radius 1 is 1.31 bits per heavy atom. The molecule has 1 saturated carbocycles. The Labute approximate surface area is 187 Å². The molecule has 170 valence electrons. The summed E-state index contributed by atoms with van der Waals surface area (Å²) in [4.78, 5) is 29.0. The molecule has 32 heavy (non-hydrogen) atoms. The van der Waals surface area contributed by atoms with Crippen LogP contribution in [0.3, 0.4) is 0 Å². The summed E-state index contributed by atoms with van der Waals surface area (Å²) in [5.74, 6) is -4.25. The van der Waals surface area contributed by atoms with Crippen LogP contribution in [0.5, 0.6) is 0 Å². The summed E-state index contributed by atoms with van der Waals surface area (Å²) in [6.45, 7) is 1.78. The van der Waals surface area contributed by atoms with Gasteiger partial charge in [-0.2, -0.15) is 0 Å². The lowest BCUT2D eigenvalue weighted by Crippen LogP contribution is -2.34. The van der Waals surface area contributed by atoms with Gasteiger partial charge in [-0.1, -0.05) is 24.6 Å². The lowest BCUT2D eigenvalue weighted by atomic mass is 9.75. The summed E-state index contributed by atoms with van der Waals surface area (Å²) >= 11 is 6.00. The van der Waals surface area contributed by atoms with Gasteiger partial charge in [-0.3, -0.25) is 14.6 Å². The second-order valence-corrected chi connectivity index (χ2v) is 8.20. The van der Waals surface area contributed by atoms with E-state index >= 15 is 0 Å². The summed E-state index contributed by atoms with van der Waals surface area (Å²) < 4.78 is 40.2. The van der Waals surface area contributed by atoms with Crippen LogP contribution in [0.25, 0.3) is 10.9 Å². The number of nitrogens with two attached hydrogens (primary N) is 1. The number of rotatable bonds is 3. The Balaban J connectivity index is 0.000000186. The van der Waals surface area contributed by atoms with Gasteiger partial charge in [0, 0.05) is 35.8 Å². The second kappa shape index (κ2) is 9.73. The van der Waals surface area contributed by atoms with Crippen molar-refractivity contribution in [1.82, 2.24) is 9.97 Å². The Morgan fingerprint density at radius 2 is 2.06 bits per heavy atom. The van der Waals surface area contributed by atoms with Crippen LogP contribution in [0.1, 0.15) is 54.6 Å². The van der Waals surface area contributed by atoms with Gasteiger partial charge in [0.1, 0.15) is 11.5 Å². The third-order valence-corrected chi connectivity index (χ3v) is 6.12. The van der Waals surface area contributed by atoms with Crippen molar-refractivity contribution in [3.63, 3.8) is 0 Å². The normalized spacial score (nSPS) is 19.8. The number of halogens is 4. The molecule has 1 aliphatic carbocycles. The highest BCUT2D eigenvalue weighted by Gasteiger charge is 2.43. The first-order valence-electron chi connectivity index (χ1n) is 10.2. The maximum atomic E-state index is 13.6. The van der Waals surface area contributed by atoms with Crippen molar-refractivity contribution in [2.24, 2.45) is 11.7 Å². The van der Waals surface area contributed by atoms with E-state index in [9.17, 15) is 22.8 Å². The van der Waals surface area contributed by atoms with Crippen molar-refractivity contribution in [3.05, 3.63) is 75.0 Å². The summed E-state index contributed by atoms with van der Waals surface area (Å²) in [6.07, 6.45) is 4.13. The number of carbonyl (C=O) groups is 1. The van der Waals surface area contributed by atoms with Gasteiger partial charge in [0.15, 0.2) is 5.43 Å². The van der Waals surface area contributed by atoms with Crippen LogP contribution < -0.4 is 11.2 Å². The van der Waals surface area contributed by atoms with Crippen molar-refractivity contribution in [1.29, 1.82) is 0 Å². The fraction of sp³-hybridized carbons (Fsp3) is 0.348.